The van der Waals surface area contributed by atoms with Gasteiger partial charge in [-0.15, -0.1) is 0 Å². The molecule has 108 valence electrons. The van der Waals surface area contributed by atoms with E-state index in [1.54, 1.807) is 0 Å². The molecule has 2 heterocycles. The van der Waals surface area contributed by atoms with Gasteiger partial charge < -0.3 is 9.73 Å². The van der Waals surface area contributed by atoms with Crippen LogP contribution in [0.5, 0.6) is 0 Å². The lowest BCUT2D eigenvalue weighted by Gasteiger charge is -2.24. The second-order valence-electron chi connectivity index (χ2n) is 5.62. The molecule has 1 aromatic rings. The van der Waals surface area contributed by atoms with Gasteiger partial charge in [-0.1, -0.05) is 26.2 Å². The maximum atomic E-state index is 5.83. The van der Waals surface area contributed by atoms with Gasteiger partial charge in [0.05, 0.1) is 6.54 Å². The highest BCUT2D eigenvalue weighted by Gasteiger charge is 2.13. The standard InChI is InChI=1S/C16H28N2O/c1-3-17-12-16-11-15(14(2)19-16)13-18-9-7-5-4-6-8-10-18/h11,17H,3-10,12-13H2,1-2H3. The molecule has 3 heteroatoms. The van der Waals surface area contributed by atoms with Crippen LogP contribution in [0.25, 0.3) is 0 Å². The van der Waals surface area contributed by atoms with E-state index in [-0.39, 0.29) is 0 Å². The van der Waals surface area contributed by atoms with Crippen LogP contribution in [0.15, 0.2) is 10.5 Å². The maximum absolute atomic E-state index is 5.83. The van der Waals surface area contributed by atoms with Crippen LogP contribution in [0.3, 0.4) is 0 Å². The van der Waals surface area contributed by atoms with E-state index in [9.17, 15) is 0 Å². The summed E-state index contributed by atoms with van der Waals surface area (Å²) >= 11 is 0. The quantitative estimate of drug-likeness (QED) is 0.883. The lowest BCUT2D eigenvalue weighted by molar-refractivity contribution is 0.238. The average Bonchev–Trinajstić information content (AvgIpc) is 2.71. The zero-order chi connectivity index (χ0) is 13.5. The molecule has 0 aromatic carbocycles. The molecule has 0 radical (unpaired) electrons. The predicted octanol–water partition coefficient (Wildman–Crippen LogP) is 3.46. The summed E-state index contributed by atoms with van der Waals surface area (Å²) in [6.45, 7) is 9.59. The van der Waals surface area contributed by atoms with Gasteiger partial charge in [-0.25, -0.2) is 0 Å². The van der Waals surface area contributed by atoms with Crippen molar-refractivity contribution in [1.82, 2.24) is 10.2 Å². The first-order valence-electron chi connectivity index (χ1n) is 7.81. The molecule has 1 aliphatic heterocycles. The smallest absolute Gasteiger partial charge is 0.118 e. The summed E-state index contributed by atoms with van der Waals surface area (Å²) in [5.74, 6) is 2.16. The number of nitrogens with zero attached hydrogens (tertiary/aromatic N) is 1. The predicted molar refractivity (Wildman–Crippen MR) is 79.2 cm³/mol. The Hall–Kier alpha value is -0.800. The molecule has 0 unspecified atom stereocenters. The van der Waals surface area contributed by atoms with E-state index in [1.807, 2.05) is 0 Å². The maximum Gasteiger partial charge on any atom is 0.118 e. The Morgan fingerprint density at radius 3 is 2.53 bits per heavy atom. The lowest BCUT2D eigenvalue weighted by atomic mass is 10.1. The van der Waals surface area contributed by atoms with Gasteiger partial charge in [0.1, 0.15) is 11.5 Å². The Kier molecular flexibility index (Phi) is 5.93. The van der Waals surface area contributed by atoms with Crippen LogP contribution >= 0.6 is 0 Å². The summed E-state index contributed by atoms with van der Waals surface area (Å²) in [6.07, 6.45) is 6.91. The van der Waals surface area contributed by atoms with Crippen LogP contribution in [0, 0.1) is 6.92 Å². The van der Waals surface area contributed by atoms with E-state index < -0.39 is 0 Å². The van der Waals surface area contributed by atoms with E-state index in [4.69, 9.17) is 4.42 Å². The normalized spacial score (nSPS) is 18.2. The zero-order valence-corrected chi connectivity index (χ0v) is 12.5. The number of hydrogen-bond donors (Lipinski definition) is 1. The molecule has 2 rings (SSSR count). The second kappa shape index (κ2) is 7.71. The van der Waals surface area contributed by atoms with Crippen LogP contribution < -0.4 is 5.32 Å². The molecule has 0 saturated carbocycles. The Balaban J connectivity index is 1.91. The summed E-state index contributed by atoms with van der Waals surface area (Å²) < 4.78 is 5.83. The molecule has 1 saturated heterocycles. The molecule has 0 bridgehead atoms. The van der Waals surface area contributed by atoms with E-state index >= 15 is 0 Å². The Labute approximate surface area is 117 Å². The molecule has 0 amide bonds. The number of likely N-dealkylation sites (tertiary alicyclic amines) is 1. The first-order valence-corrected chi connectivity index (χ1v) is 7.81. The highest BCUT2D eigenvalue weighted by molar-refractivity contribution is 5.20. The fourth-order valence-corrected chi connectivity index (χ4v) is 2.79. The van der Waals surface area contributed by atoms with Crippen molar-refractivity contribution in [3.8, 4) is 0 Å². The molecule has 19 heavy (non-hydrogen) atoms. The molecule has 1 aliphatic rings. The monoisotopic (exact) mass is 264 g/mol. The average molecular weight is 264 g/mol. The minimum Gasteiger partial charge on any atom is -0.465 e. The van der Waals surface area contributed by atoms with Crippen molar-refractivity contribution in [3.05, 3.63) is 23.2 Å². The molecular formula is C16H28N2O. The number of nitrogens with one attached hydrogen (secondary N) is 1. The second-order valence-corrected chi connectivity index (χ2v) is 5.62. The first kappa shape index (κ1) is 14.6. The summed E-state index contributed by atoms with van der Waals surface area (Å²) in [4.78, 5) is 2.59. The molecular weight excluding hydrogens is 236 g/mol. The molecule has 1 aromatic heterocycles. The summed E-state index contributed by atoms with van der Waals surface area (Å²) in [7, 11) is 0. The van der Waals surface area contributed by atoms with Gasteiger partial charge in [-0.3, -0.25) is 4.90 Å². The summed E-state index contributed by atoms with van der Waals surface area (Å²) in [5, 5.41) is 3.32. The van der Waals surface area contributed by atoms with Crippen molar-refractivity contribution in [2.45, 2.75) is 59.0 Å². The van der Waals surface area contributed by atoms with Gasteiger partial charge in [0, 0.05) is 12.1 Å². The van der Waals surface area contributed by atoms with E-state index in [0.717, 1.165) is 31.2 Å². The summed E-state index contributed by atoms with van der Waals surface area (Å²) in [6, 6.07) is 2.23. The van der Waals surface area contributed by atoms with Gasteiger partial charge in [0.2, 0.25) is 0 Å². The van der Waals surface area contributed by atoms with Gasteiger partial charge in [-0.05, 0) is 45.5 Å². The molecule has 3 nitrogen and oxygen atoms in total. The number of aryl methyl sites for hydroxylation is 1. The van der Waals surface area contributed by atoms with Crippen LogP contribution in [0.2, 0.25) is 0 Å². The third kappa shape index (κ3) is 4.66. The van der Waals surface area contributed by atoms with Crippen molar-refractivity contribution >= 4 is 0 Å². The van der Waals surface area contributed by atoms with Crippen molar-refractivity contribution in [1.29, 1.82) is 0 Å². The Morgan fingerprint density at radius 1 is 1.16 bits per heavy atom. The number of furan rings is 1. The molecule has 0 atom stereocenters. The highest BCUT2D eigenvalue weighted by atomic mass is 16.3. The minimum absolute atomic E-state index is 0.845. The third-order valence-corrected chi connectivity index (χ3v) is 3.96. The summed E-state index contributed by atoms with van der Waals surface area (Å²) in [5.41, 5.74) is 1.37. The van der Waals surface area contributed by atoms with E-state index in [1.165, 1.54) is 50.8 Å². The number of rotatable bonds is 5. The Bertz CT molecular complexity index is 365. The molecule has 1 fully saturated rings. The number of hydrogen-bond acceptors (Lipinski definition) is 3. The van der Waals surface area contributed by atoms with E-state index in [2.05, 4.69) is 30.1 Å². The van der Waals surface area contributed by atoms with Crippen LogP contribution in [-0.4, -0.2) is 24.5 Å². The fraction of sp³-hybridized carbons (Fsp3) is 0.750. The Morgan fingerprint density at radius 2 is 1.84 bits per heavy atom. The molecule has 1 N–H and O–H groups in total. The van der Waals surface area contributed by atoms with E-state index in [0.29, 0.717) is 0 Å². The van der Waals surface area contributed by atoms with Gasteiger partial charge in [-0.2, -0.15) is 0 Å². The van der Waals surface area contributed by atoms with Crippen LogP contribution in [0.4, 0.5) is 0 Å². The van der Waals surface area contributed by atoms with Crippen LogP contribution in [0.1, 0.15) is 56.1 Å². The highest BCUT2D eigenvalue weighted by Crippen LogP contribution is 2.19. The zero-order valence-electron chi connectivity index (χ0n) is 12.5. The lowest BCUT2D eigenvalue weighted by Crippen LogP contribution is -2.26. The minimum atomic E-state index is 0.845. The van der Waals surface area contributed by atoms with Crippen molar-refractivity contribution in [2.24, 2.45) is 0 Å². The van der Waals surface area contributed by atoms with Gasteiger partial charge in [0.25, 0.3) is 0 Å². The van der Waals surface area contributed by atoms with Crippen molar-refractivity contribution < 1.29 is 4.42 Å². The first-order chi connectivity index (χ1) is 9.29. The topological polar surface area (TPSA) is 28.4 Å². The van der Waals surface area contributed by atoms with Crippen molar-refractivity contribution in [2.75, 3.05) is 19.6 Å². The fourth-order valence-electron chi connectivity index (χ4n) is 2.79. The van der Waals surface area contributed by atoms with Crippen molar-refractivity contribution in [3.63, 3.8) is 0 Å². The molecule has 0 spiro atoms. The third-order valence-electron chi connectivity index (χ3n) is 3.96. The largest absolute Gasteiger partial charge is 0.465 e. The van der Waals surface area contributed by atoms with Gasteiger partial charge >= 0.3 is 0 Å². The molecule has 0 aliphatic carbocycles. The SMILES string of the molecule is CCNCc1cc(CN2CCCCCCC2)c(C)o1. The van der Waals surface area contributed by atoms with Crippen LogP contribution in [-0.2, 0) is 13.1 Å². The van der Waals surface area contributed by atoms with Gasteiger partial charge in [0.15, 0.2) is 0 Å².